The summed E-state index contributed by atoms with van der Waals surface area (Å²) in [5.41, 5.74) is 15.7. The molecule has 0 aromatic heterocycles. The van der Waals surface area contributed by atoms with Crippen molar-refractivity contribution in [1.82, 2.24) is 0 Å². The number of rotatable bonds is 8. The molecule has 1 aromatic carbocycles. The summed E-state index contributed by atoms with van der Waals surface area (Å²) in [4.78, 5) is 33.6. The third-order valence-corrected chi connectivity index (χ3v) is 3.44. The summed E-state index contributed by atoms with van der Waals surface area (Å²) >= 11 is 0. The highest BCUT2D eigenvalue weighted by molar-refractivity contribution is 5.94. The van der Waals surface area contributed by atoms with Crippen LogP contribution in [0.3, 0.4) is 0 Å². The number of amidine groups is 1. The average Bonchev–Trinajstić information content (AvgIpc) is 2.58. The van der Waals surface area contributed by atoms with Gasteiger partial charge in [-0.3, -0.25) is 19.8 Å². The van der Waals surface area contributed by atoms with E-state index in [-0.39, 0.29) is 31.5 Å². The predicted molar refractivity (Wildman–Crippen MR) is 87.7 cm³/mol. The Kier molecular flexibility index (Phi) is 6.78. The van der Waals surface area contributed by atoms with Crippen molar-refractivity contribution in [2.45, 2.75) is 31.2 Å². The maximum absolute atomic E-state index is 11.7. The second-order valence-electron chi connectivity index (χ2n) is 5.39. The molecule has 1 aromatic rings. The molecule has 9 nitrogen and oxygen atoms in total. The Morgan fingerprint density at radius 2 is 1.64 bits per heavy atom. The fourth-order valence-electron chi connectivity index (χ4n) is 1.97. The number of hydrogen-bond acceptors (Lipinski definition) is 7. The molecule has 0 radical (unpaired) electrons. The second kappa shape index (κ2) is 8.56. The smallest absolute Gasteiger partial charge is 0.313 e. The van der Waals surface area contributed by atoms with Crippen LogP contribution in [0, 0.1) is 16.7 Å². The lowest BCUT2D eigenvalue weighted by atomic mass is 9.87. The largest absolute Gasteiger partial charge is 0.393 e. The molecule has 0 aliphatic rings. The van der Waals surface area contributed by atoms with Crippen LogP contribution in [-0.2, 0) is 24.7 Å². The zero-order valence-electron chi connectivity index (χ0n) is 13.5. The number of benzene rings is 1. The summed E-state index contributed by atoms with van der Waals surface area (Å²) in [6.45, 7) is 0. The van der Waals surface area contributed by atoms with Crippen molar-refractivity contribution in [1.29, 1.82) is 10.7 Å². The van der Waals surface area contributed by atoms with Crippen molar-refractivity contribution in [2.75, 3.05) is 0 Å². The average molecular weight is 345 g/mol. The van der Waals surface area contributed by atoms with Crippen molar-refractivity contribution in [3.63, 3.8) is 0 Å². The molecule has 0 heterocycles. The summed E-state index contributed by atoms with van der Waals surface area (Å²) in [6.07, 6.45) is -0.848. The van der Waals surface area contributed by atoms with Crippen molar-refractivity contribution in [3.05, 3.63) is 35.4 Å². The van der Waals surface area contributed by atoms with Gasteiger partial charge in [-0.05, 0) is 12.0 Å². The van der Waals surface area contributed by atoms with Crippen LogP contribution in [0.15, 0.2) is 24.3 Å². The van der Waals surface area contributed by atoms with Crippen molar-refractivity contribution >= 4 is 23.7 Å². The summed E-state index contributed by atoms with van der Waals surface area (Å²) in [5, 5.41) is 16.7. The highest BCUT2D eigenvalue weighted by atomic mass is 16.6. The molecule has 0 aliphatic carbocycles. The molecule has 1 atom stereocenters. The van der Waals surface area contributed by atoms with Crippen LogP contribution in [-0.4, -0.2) is 23.7 Å². The first-order chi connectivity index (χ1) is 11.7. The maximum atomic E-state index is 11.7. The lowest BCUT2D eigenvalue weighted by Gasteiger charge is -2.21. The molecule has 0 fully saturated rings. The van der Waals surface area contributed by atoms with Crippen molar-refractivity contribution in [2.24, 2.45) is 17.2 Å². The number of nitriles is 1. The third kappa shape index (κ3) is 6.04. The number of nitrogens with one attached hydrogen (secondary N) is 1. The topological polar surface area (TPSA) is 186 Å². The van der Waals surface area contributed by atoms with Gasteiger partial charge in [0.15, 0.2) is 0 Å². The number of nitrogen functional groups attached to an aromatic ring is 1. The monoisotopic (exact) mass is 345 g/mol. The molecule has 0 saturated carbocycles. The van der Waals surface area contributed by atoms with Gasteiger partial charge in [0.2, 0.25) is 5.91 Å². The first kappa shape index (κ1) is 19.8. The molecule has 0 spiro atoms. The van der Waals surface area contributed by atoms with Crippen LogP contribution in [0.1, 0.15) is 36.8 Å². The Bertz CT molecular complexity index is 723. The highest BCUT2D eigenvalue weighted by Crippen LogP contribution is 2.24. The van der Waals surface area contributed by atoms with E-state index >= 15 is 0 Å². The molecule has 1 unspecified atom stereocenters. The maximum Gasteiger partial charge on any atom is 0.313 e. The minimum absolute atomic E-state index is 0.0785. The van der Waals surface area contributed by atoms with Crippen molar-refractivity contribution in [3.8, 4) is 6.07 Å². The predicted octanol–water partition coefficient (Wildman–Crippen LogP) is -0.236. The summed E-state index contributed by atoms with van der Waals surface area (Å²) in [6, 6.07) is 8.11. The molecular weight excluding hydrogens is 326 g/mol. The normalized spacial score (nSPS) is 12.5. The Morgan fingerprint density at radius 3 is 2.12 bits per heavy atom. The van der Waals surface area contributed by atoms with Gasteiger partial charge < -0.3 is 21.9 Å². The number of carbonyl (C=O) groups is 3. The minimum Gasteiger partial charge on any atom is -0.393 e. The van der Waals surface area contributed by atoms with Gasteiger partial charge in [-0.25, -0.2) is 0 Å². The molecule has 132 valence electrons. The highest BCUT2D eigenvalue weighted by Gasteiger charge is 2.28. The second-order valence-corrected chi connectivity index (χ2v) is 5.39. The number of nitrogens with zero attached hydrogens (tertiary/aromatic N) is 1. The number of amides is 1. The van der Waals surface area contributed by atoms with Gasteiger partial charge in [-0.2, -0.15) is 5.26 Å². The molecule has 0 bridgehead atoms. The minimum atomic E-state index is -1.47. The Balaban J connectivity index is 2.66. The molecular formula is C16H19N5O4. The van der Waals surface area contributed by atoms with Gasteiger partial charge in [-0.15, -0.1) is 0 Å². The molecule has 1 amide bonds. The molecule has 0 saturated heterocycles. The summed E-state index contributed by atoms with van der Waals surface area (Å²) in [7, 11) is 0. The fourth-order valence-corrected chi connectivity index (χ4v) is 1.97. The van der Waals surface area contributed by atoms with Gasteiger partial charge >= 0.3 is 11.9 Å². The van der Waals surface area contributed by atoms with Gasteiger partial charge in [0.25, 0.3) is 0 Å². The standard InChI is InChI=1S/C16H19N5O4/c17-9-16(21,11-3-1-10(2-4-11)15(19)20)8-7-14(24)25-13(23)6-5-12(18)22/h1-4H,5-8,21H2,(H2,18,22)(H3,19,20). The fraction of sp³-hybridized carbons (Fsp3) is 0.312. The summed E-state index contributed by atoms with van der Waals surface area (Å²) < 4.78 is 4.53. The Labute approximate surface area is 144 Å². The van der Waals surface area contributed by atoms with E-state index in [1.54, 1.807) is 24.3 Å². The number of ether oxygens (including phenoxy) is 1. The Hall–Kier alpha value is -3.25. The first-order valence-corrected chi connectivity index (χ1v) is 7.35. The van der Waals surface area contributed by atoms with E-state index in [1.807, 2.05) is 6.07 Å². The van der Waals surface area contributed by atoms with Crippen LogP contribution in [0.25, 0.3) is 0 Å². The number of nitrogens with two attached hydrogens (primary N) is 3. The zero-order valence-corrected chi connectivity index (χ0v) is 13.5. The molecule has 9 heteroatoms. The number of hydrogen-bond donors (Lipinski definition) is 4. The molecule has 1 rings (SSSR count). The zero-order chi connectivity index (χ0) is 19.0. The van der Waals surface area contributed by atoms with E-state index in [4.69, 9.17) is 22.6 Å². The van der Waals surface area contributed by atoms with E-state index in [0.717, 1.165) is 0 Å². The number of primary amides is 1. The van der Waals surface area contributed by atoms with Gasteiger partial charge in [-0.1, -0.05) is 24.3 Å². The lowest BCUT2D eigenvalue weighted by molar-refractivity contribution is -0.160. The third-order valence-electron chi connectivity index (χ3n) is 3.44. The van der Waals surface area contributed by atoms with E-state index in [0.29, 0.717) is 11.1 Å². The number of carbonyl (C=O) groups excluding carboxylic acids is 3. The molecule has 25 heavy (non-hydrogen) atoms. The van der Waals surface area contributed by atoms with Crippen LogP contribution >= 0.6 is 0 Å². The van der Waals surface area contributed by atoms with Crippen molar-refractivity contribution < 1.29 is 19.1 Å². The molecule has 0 aliphatic heterocycles. The van der Waals surface area contributed by atoms with Crippen LogP contribution in [0.2, 0.25) is 0 Å². The first-order valence-electron chi connectivity index (χ1n) is 7.35. The molecule has 7 N–H and O–H groups in total. The van der Waals surface area contributed by atoms with Crippen LogP contribution < -0.4 is 17.2 Å². The van der Waals surface area contributed by atoms with Crippen LogP contribution in [0.4, 0.5) is 0 Å². The van der Waals surface area contributed by atoms with Gasteiger partial charge in [0.05, 0.1) is 12.5 Å². The van der Waals surface area contributed by atoms with E-state index in [9.17, 15) is 19.6 Å². The summed E-state index contributed by atoms with van der Waals surface area (Å²) in [5.74, 6) is -2.51. The van der Waals surface area contributed by atoms with E-state index in [2.05, 4.69) is 4.74 Å². The SMILES string of the molecule is N#CC(N)(CCC(=O)OC(=O)CCC(N)=O)c1ccc(C(=N)N)cc1. The quantitative estimate of drug-likeness (QED) is 0.216. The lowest BCUT2D eigenvalue weighted by Crippen LogP contribution is -2.36. The van der Waals surface area contributed by atoms with E-state index in [1.165, 1.54) is 0 Å². The van der Waals surface area contributed by atoms with E-state index < -0.39 is 23.4 Å². The number of esters is 2. The van der Waals surface area contributed by atoms with Gasteiger partial charge in [0, 0.05) is 18.4 Å². The Morgan fingerprint density at radius 1 is 1.08 bits per heavy atom. The van der Waals surface area contributed by atoms with Crippen LogP contribution in [0.5, 0.6) is 0 Å². The van der Waals surface area contributed by atoms with Gasteiger partial charge in [0.1, 0.15) is 11.4 Å².